The van der Waals surface area contributed by atoms with Crippen molar-refractivity contribution >= 4 is 23.4 Å². The van der Waals surface area contributed by atoms with Crippen LogP contribution in [0.2, 0.25) is 0 Å². The molecule has 1 fully saturated rings. The van der Waals surface area contributed by atoms with E-state index in [0.717, 1.165) is 0 Å². The van der Waals surface area contributed by atoms with Crippen molar-refractivity contribution in [1.82, 2.24) is 5.32 Å². The molecule has 3 rings (SSSR count). The number of epoxide rings is 1. The van der Waals surface area contributed by atoms with Crippen LogP contribution in [0, 0.1) is 0 Å². The SMILES string of the molecule is CC(=O)Nc1ccc(C2OC2(C(N)=O)C(=O)NCc2ccco2)cc1. The van der Waals surface area contributed by atoms with Crippen molar-refractivity contribution in [1.29, 1.82) is 0 Å². The normalized spacial score (nSPS) is 21.4. The van der Waals surface area contributed by atoms with Crippen LogP contribution in [-0.4, -0.2) is 23.3 Å². The van der Waals surface area contributed by atoms with Crippen molar-refractivity contribution in [3.63, 3.8) is 0 Å². The first-order chi connectivity index (χ1) is 11.9. The number of nitrogens with one attached hydrogen (secondary N) is 2. The molecule has 2 unspecified atom stereocenters. The minimum atomic E-state index is -1.73. The van der Waals surface area contributed by atoms with Gasteiger partial charge in [0.2, 0.25) is 5.91 Å². The Bertz CT molecular complexity index is 800. The van der Waals surface area contributed by atoms with Crippen molar-refractivity contribution in [3.05, 3.63) is 54.0 Å². The molecular formula is C17H17N3O5. The zero-order valence-electron chi connectivity index (χ0n) is 13.4. The zero-order chi connectivity index (χ0) is 18.0. The van der Waals surface area contributed by atoms with Gasteiger partial charge in [0.1, 0.15) is 11.9 Å². The number of hydrogen-bond donors (Lipinski definition) is 3. The summed E-state index contributed by atoms with van der Waals surface area (Å²) in [6, 6.07) is 10.0. The molecule has 1 aromatic heterocycles. The Morgan fingerprint density at radius 3 is 2.48 bits per heavy atom. The van der Waals surface area contributed by atoms with Gasteiger partial charge in [0, 0.05) is 12.6 Å². The lowest BCUT2D eigenvalue weighted by Crippen LogP contribution is -2.46. The molecule has 8 heteroatoms. The summed E-state index contributed by atoms with van der Waals surface area (Å²) in [5.41, 5.74) is 4.88. The number of ether oxygens (including phenoxy) is 1. The van der Waals surface area contributed by atoms with Crippen LogP contribution >= 0.6 is 0 Å². The average molecular weight is 343 g/mol. The molecule has 0 saturated carbocycles. The van der Waals surface area contributed by atoms with E-state index in [1.54, 1.807) is 36.4 Å². The third kappa shape index (κ3) is 3.24. The van der Waals surface area contributed by atoms with E-state index in [1.807, 2.05) is 0 Å². The summed E-state index contributed by atoms with van der Waals surface area (Å²) < 4.78 is 10.5. The second-order valence-corrected chi connectivity index (χ2v) is 5.66. The van der Waals surface area contributed by atoms with Gasteiger partial charge in [-0.05, 0) is 29.8 Å². The summed E-state index contributed by atoms with van der Waals surface area (Å²) >= 11 is 0. The highest BCUT2D eigenvalue weighted by molar-refractivity contribution is 6.11. The van der Waals surface area contributed by atoms with Crippen molar-refractivity contribution in [2.24, 2.45) is 5.73 Å². The van der Waals surface area contributed by atoms with E-state index in [-0.39, 0.29) is 12.5 Å². The van der Waals surface area contributed by atoms with Gasteiger partial charge in [-0.15, -0.1) is 0 Å². The second kappa shape index (κ2) is 6.40. The molecule has 4 N–H and O–H groups in total. The van der Waals surface area contributed by atoms with Crippen LogP contribution in [-0.2, 0) is 25.7 Å². The molecule has 1 aliphatic rings. The number of nitrogens with two attached hydrogens (primary N) is 1. The van der Waals surface area contributed by atoms with Gasteiger partial charge in [0.15, 0.2) is 0 Å². The predicted molar refractivity (Wildman–Crippen MR) is 87.1 cm³/mol. The maximum atomic E-state index is 12.4. The molecule has 2 atom stereocenters. The number of benzene rings is 1. The van der Waals surface area contributed by atoms with Crippen LogP contribution in [0.4, 0.5) is 5.69 Å². The average Bonchev–Trinajstić information content (AvgIpc) is 3.12. The minimum Gasteiger partial charge on any atom is -0.467 e. The third-order valence-corrected chi connectivity index (χ3v) is 3.86. The summed E-state index contributed by atoms with van der Waals surface area (Å²) in [5, 5.41) is 5.22. The first-order valence-corrected chi connectivity index (χ1v) is 7.59. The van der Waals surface area contributed by atoms with Crippen LogP contribution in [0.15, 0.2) is 47.1 Å². The fourth-order valence-electron chi connectivity index (χ4n) is 2.58. The van der Waals surface area contributed by atoms with Gasteiger partial charge < -0.3 is 25.5 Å². The lowest BCUT2D eigenvalue weighted by Gasteiger charge is -2.10. The summed E-state index contributed by atoms with van der Waals surface area (Å²) in [6.07, 6.45) is 0.714. The number of furan rings is 1. The summed E-state index contributed by atoms with van der Waals surface area (Å²) in [7, 11) is 0. The van der Waals surface area contributed by atoms with E-state index < -0.39 is 23.5 Å². The van der Waals surface area contributed by atoms with Gasteiger partial charge >= 0.3 is 0 Å². The number of carbonyl (C=O) groups excluding carboxylic acids is 3. The first kappa shape index (κ1) is 16.7. The minimum absolute atomic E-state index is 0.123. The van der Waals surface area contributed by atoms with Crippen LogP contribution in [0.5, 0.6) is 0 Å². The molecule has 1 aliphatic heterocycles. The summed E-state index contributed by atoms with van der Waals surface area (Å²) in [4.78, 5) is 35.3. The van der Waals surface area contributed by atoms with E-state index in [0.29, 0.717) is 17.0 Å². The first-order valence-electron chi connectivity index (χ1n) is 7.59. The van der Waals surface area contributed by atoms with E-state index >= 15 is 0 Å². The molecule has 25 heavy (non-hydrogen) atoms. The Hall–Kier alpha value is -3.13. The Balaban J connectivity index is 1.71. The van der Waals surface area contributed by atoms with Gasteiger partial charge in [-0.25, -0.2) is 0 Å². The standard InChI is InChI=1S/C17H17N3O5/c1-10(21)20-12-6-4-11(5-7-12)14-17(25-14,15(18)22)16(23)19-9-13-3-2-8-24-13/h2-8,14H,9H2,1H3,(H2,18,22)(H,19,23)(H,20,21). The van der Waals surface area contributed by atoms with E-state index in [1.165, 1.54) is 13.2 Å². The summed E-state index contributed by atoms with van der Waals surface area (Å²) in [5.74, 6) is -1.13. The van der Waals surface area contributed by atoms with Crippen molar-refractivity contribution in [2.75, 3.05) is 5.32 Å². The maximum absolute atomic E-state index is 12.4. The Morgan fingerprint density at radius 2 is 1.92 bits per heavy atom. The maximum Gasteiger partial charge on any atom is 0.265 e. The highest BCUT2D eigenvalue weighted by Crippen LogP contribution is 2.49. The molecule has 0 radical (unpaired) electrons. The number of rotatable bonds is 6. The van der Waals surface area contributed by atoms with Gasteiger partial charge in [0.05, 0.1) is 12.8 Å². The van der Waals surface area contributed by atoms with Gasteiger partial charge in [0.25, 0.3) is 17.4 Å². The Kier molecular flexibility index (Phi) is 4.28. The predicted octanol–water partition coefficient (Wildman–Crippen LogP) is 0.850. The molecule has 3 amide bonds. The lowest BCUT2D eigenvalue weighted by molar-refractivity contribution is -0.135. The number of primary amides is 1. The quantitative estimate of drug-likeness (QED) is 0.529. The fraction of sp³-hybridized carbons (Fsp3) is 0.235. The van der Waals surface area contributed by atoms with Crippen LogP contribution in [0.25, 0.3) is 0 Å². The number of amides is 3. The smallest absolute Gasteiger partial charge is 0.265 e. The Labute approximate surface area is 143 Å². The molecule has 0 spiro atoms. The van der Waals surface area contributed by atoms with Gasteiger partial charge in [-0.2, -0.15) is 0 Å². The zero-order valence-corrected chi connectivity index (χ0v) is 13.4. The third-order valence-electron chi connectivity index (χ3n) is 3.86. The van der Waals surface area contributed by atoms with E-state index in [2.05, 4.69) is 10.6 Å². The van der Waals surface area contributed by atoms with Crippen molar-refractivity contribution in [3.8, 4) is 0 Å². The molecule has 8 nitrogen and oxygen atoms in total. The Morgan fingerprint density at radius 1 is 1.20 bits per heavy atom. The number of anilines is 1. The monoisotopic (exact) mass is 343 g/mol. The van der Waals surface area contributed by atoms with E-state index in [4.69, 9.17) is 14.9 Å². The fourth-order valence-corrected chi connectivity index (χ4v) is 2.58. The molecule has 0 bridgehead atoms. The van der Waals surface area contributed by atoms with Crippen molar-refractivity contribution < 1.29 is 23.5 Å². The molecule has 130 valence electrons. The molecule has 2 heterocycles. The van der Waals surface area contributed by atoms with Gasteiger partial charge in [-0.3, -0.25) is 14.4 Å². The lowest BCUT2D eigenvalue weighted by atomic mass is 9.97. The highest BCUT2D eigenvalue weighted by Gasteiger charge is 2.68. The van der Waals surface area contributed by atoms with Crippen LogP contribution in [0.1, 0.15) is 24.4 Å². The molecule has 1 saturated heterocycles. The van der Waals surface area contributed by atoms with Gasteiger partial charge in [-0.1, -0.05) is 12.1 Å². The number of hydrogen-bond acceptors (Lipinski definition) is 5. The molecular weight excluding hydrogens is 326 g/mol. The topological polar surface area (TPSA) is 127 Å². The molecule has 0 aliphatic carbocycles. The molecule has 1 aromatic carbocycles. The second-order valence-electron chi connectivity index (χ2n) is 5.66. The van der Waals surface area contributed by atoms with E-state index in [9.17, 15) is 14.4 Å². The largest absolute Gasteiger partial charge is 0.467 e. The molecule has 2 aromatic rings. The van der Waals surface area contributed by atoms with Crippen molar-refractivity contribution in [2.45, 2.75) is 25.2 Å². The van der Waals surface area contributed by atoms with Crippen LogP contribution < -0.4 is 16.4 Å². The summed E-state index contributed by atoms with van der Waals surface area (Å²) in [6.45, 7) is 1.53. The number of carbonyl (C=O) groups is 3. The van der Waals surface area contributed by atoms with Crippen LogP contribution in [0.3, 0.4) is 0 Å². The highest BCUT2D eigenvalue weighted by atomic mass is 16.6.